The number of aliphatic imine (C=N–C) groups is 1. The van der Waals surface area contributed by atoms with Crippen molar-refractivity contribution < 1.29 is 4.74 Å². The lowest BCUT2D eigenvalue weighted by atomic mass is 9.92. The van der Waals surface area contributed by atoms with Gasteiger partial charge in [0.05, 0.1) is 5.57 Å². The van der Waals surface area contributed by atoms with E-state index in [2.05, 4.69) is 79.2 Å². The summed E-state index contributed by atoms with van der Waals surface area (Å²) in [5.41, 5.74) is 4.21. The summed E-state index contributed by atoms with van der Waals surface area (Å²) in [4.78, 5) is 4.40. The number of allylic oxidation sites excluding steroid dienone is 1. The molecule has 5 rings (SSSR count). The summed E-state index contributed by atoms with van der Waals surface area (Å²) in [6.07, 6.45) is 0. The zero-order valence-electron chi connectivity index (χ0n) is 15.9. The molecule has 0 unspecified atom stereocenters. The van der Waals surface area contributed by atoms with Gasteiger partial charge >= 0.3 is 0 Å². The van der Waals surface area contributed by atoms with Gasteiger partial charge in [0.1, 0.15) is 10.9 Å². The van der Waals surface area contributed by atoms with E-state index in [4.69, 9.17) is 16.3 Å². The molecular weight excluding hydrogens is 378 g/mol. The third kappa shape index (κ3) is 3.02. The second-order valence-electron chi connectivity index (χ2n) is 7.12. The van der Waals surface area contributed by atoms with Gasteiger partial charge in [-0.3, -0.25) is 0 Å². The van der Waals surface area contributed by atoms with E-state index < -0.39 is 0 Å². The number of fused-ring (bicyclic) bond motifs is 4. The van der Waals surface area contributed by atoms with Gasteiger partial charge < -0.3 is 4.74 Å². The highest BCUT2D eigenvalue weighted by Gasteiger charge is 2.29. The molecule has 0 atom stereocenters. The van der Waals surface area contributed by atoms with Gasteiger partial charge in [0, 0.05) is 5.56 Å². The molecule has 0 aliphatic carbocycles. The Labute approximate surface area is 174 Å². The maximum absolute atomic E-state index is 6.12. The van der Waals surface area contributed by atoms with Gasteiger partial charge in [0.25, 0.3) is 0 Å². The SMILES string of the molecule is C=C(Cl)/N=C1/Oc2ccc3ccccc3c2/C1=C(/C)c1ccc2ccccc2c1. The Morgan fingerprint density at radius 1 is 0.862 bits per heavy atom. The summed E-state index contributed by atoms with van der Waals surface area (Å²) >= 11 is 6.03. The zero-order chi connectivity index (χ0) is 20.0. The van der Waals surface area contributed by atoms with E-state index in [9.17, 15) is 0 Å². The van der Waals surface area contributed by atoms with Crippen molar-refractivity contribution in [1.82, 2.24) is 0 Å². The number of benzene rings is 4. The maximum Gasteiger partial charge on any atom is 0.229 e. The molecule has 2 nitrogen and oxygen atoms in total. The monoisotopic (exact) mass is 395 g/mol. The fourth-order valence-electron chi connectivity index (χ4n) is 3.96. The molecule has 0 saturated heterocycles. The first-order valence-electron chi connectivity index (χ1n) is 9.45. The normalized spacial score (nSPS) is 16.1. The summed E-state index contributed by atoms with van der Waals surface area (Å²) in [7, 11) is 0. The summed E-state index contributed by atoms with van der Waals surface area (Å²) in [6, 6.07) is 27.2. The highest BCUT2D eigenvalue weighted by Crippen LogP contribution is 2.44. The Hall–Kier alpha value is -3.36. The van der Waals surface area contributed by atoms with Crippen LogP contribution < -0.4 is 4.74 Å². The molecule has 1 heterocycles. The van der Waals surface area contributed by atoms with Crippen molar-refractivity contribution in [2.75, 3.05) is 0 Å². The molecule has 140 valence electrons. The number of halogens is 1. The van der Waals surface area contributed by atoms with Crippen molar-refractivity contribution >= 4 is 50.2 Å². The van der Waals surface area contributed by atoms with Crippen LogP contribution in [0.15, 0.2) is 95.6 Å². The molecule has 0 radical (unpaired) electrons. The highest BCUT2D eigenvalue weighted by atomic mass is 35.5. The topological polar surface area (TPSA) is 21.6 Å². The average Bonchev–Trinajstić information content (AvgIpc) is 3.10. The fourth-order valence-corrected chi connectivity index (χ4v) is 4.04. The lowest BCUT2D eigenvalue weighted by molar-refractivity contribution is 0.571. The minimum Gasteiger partial charge on any atom is -0.438 e. The number of hydrogen-bond acceptors (Lipinski definition) is 2. The van der Waals surface area contributed by atoms with E-state index in [1.807, 2.05) is 18.2 Å². The molecule has 4 aromatic rings. The zero-order valence-corrected chi connectivity index (χ0v) is 16.7. The Kier molecular flexibility index (Phi) is 4.22. The van der Waals surface area contributed by atoms with Crippen LogP contribution in [-0.2, 0) is 0 Å². The smallest absolute Gasteiger partial charge is 0.229 e. The third-order valence-corrected chi connectivity index (χ3v) is 5.43. The second kappa shape index (κ2) is 6.91. The largest absolute Gasteiger partial charge is 0.438 e. The molecule has 1 aliphatic heterocycles. The first-order chi connectivity index (χ1) is 14.1. The van der Waals surface area contributed by atoms with E-state index in [0.717, 1.165) is 38.8 Å². The molecule has 0 saturated carbocycles. The molecular formula is C26H18ClNO. The number of ether oxygens (including phenoxy) is 1. The van der Waals surface area contributed by atoms with Gasteiger partial charge in [-0.1, -0.05) is 84.9 Å². The summed E-state index contributed by atoms with van der Waals surface area (Å²) in [6.45, 7) is 5.83. The van der Waals surface area contributed by atoms with E-state index in [-0.39, 0.29) is 5.16 Å². The van der Waals surface area contributed by atoms with Crippen LogP contribution in [0, 0.1) is 0 Å². The lowest BCUT2D eigenvalue weighted by Crippen LogP contribution is -2.04. The molecule has 0 aromatic heterocycles. The molecule has 0 spiro atoms. The number of rotatable bonds is 2. The lowest BCUT2D eigenvalue weighted by Gasteiger charge is -2.10. The van der Waals surface area contributed by atoms with Crippen LogP contribution in [0.2, 0.25) is 0 Å². The molecule has 0 N–H and O–H groups in total. The predicted octanol–water partition coefficient (Wildman–Crippen LogP) is 7.42. The number of nitrogens with zero attached hydrogens (tertiary/aromatic N) is 1. The Bertz CT molecular complexity index is 1360. The van der Waals surface area contributed by atoms with Crippen LogP contribution in [0.3, 0.4) is 0 Å². The van der Waals surface area contributed by atoms with Crippen LogP contribution in [0.4, 0.5) is 0 Å². The minimum atomic E-state index is 0.195. The first-order valence-corrected chi connectivity index (χ1v) is 9.83. The first kappa shape index (κ1) is 17.7. The van der Waals surface area contributed by atoms with Gasteiger partial charge in [-0.15, -0.1) is 0 Å². The van der Waals surface area contributed by atoms with Crippen molar-refractivity contribution in [2.45, 2.75) is 6.92 Å². The Balaban J connectivity index is 1.82. The van der Waals surface area contributed by atoms with E-state index >= 15 is 0 Å². The van der Waals surface area contributed by atoms with Crippen LogP contribution in [0.5, 0.6) is 5.75 Å². The number of hydrogen-bond donors (Lipinski definition) is 0. The standard InChI is InChI=1S/C26H18ClNO/c1-16(20-12-11-18-7-3-4-9-21(18)15-20)24-25-22-10-6-5-8-19(22)13-14-23(25)29-26(24)28-17(2)27/h3-15H,2H2,1H3/b24-16+,28-26+. The van der Waals surface area contributed by atoms with Crippen LogP contribution in [0.25, 0.3) is 32.7 Å². The fraction of sp³-hybridized carbons (Fsp3) is 0.0385. The molecule has 0 fully saturated rings. The van der Waals surface area contributed by atoms with E-state index in [0.29, 0.717) is 5.90 Å². The predicted molar refractivity (Wildman–Crippen MR) is 123 cm³/mol. The van der Waals surface area contributed by atoms with Crippen LogP contribution in [-0.4, -0.2) is 5.90 Å². The molecule has 4 aromatic carbocycles. The van der Waals surface area contributed by atoms with Gasteiger partial charge in [-0.05, 0) is 51.7 Å². The third-order valence-electron chi connectivity index (χ3n) is 5.34. The van der Waals surface area contributed by atoms with Crippen molar-refractivity contribution in [3.8, 4) is 5.75 Å². The Morgan fingerprint density at radius 3 is 2.34 bits per heavy atom. The molecule has 1 aliphatic rings. The Morgan fingerprint density at radius 2 is 1.55 bits per heavy atom. The molecule has 0 amide bonds. The van der Waals surface area contributed by atoms with Gasteiger partial charge in [-0.2, -0.15) is 0 Å². The molecule has 29 heavy (non-hydrogen) atoms. The van der Waals surface area contributed by atoms with Crippen molar-refractivity contribution in [3.05, 3.63) is 102 Å². The molecule has 3 heteroatoms. The molecule has 0 bridgehead atoms. The summed E-state index contributed by atoms with van der Waals surface area (Å²) < 4.78 is 6.12. The summed E-state index contributed by atoms with van der Waals surface area (Å²) in [5.74, 6) is 1.28. The van der Waals surface area contributed by atoms with Crippen molar-refractivity contribution in [1.29, 1.82) is 0 Å². The average molecular weight is 396 g/mol. The van der Waals surface area contributed by atoms with Gasteiger partial charge in [0.2, 0.25) is 5.90 Å². The van der Waals surface area contributed by atoms with Crippen LogP contribution >= 0.6 is 11.6 Å². The second-order valence-corrected chi connectivity index (χ2v) is 7.55. The van der Waals surface area contributed by atoms with Gasteiger partial charge in [0.15, 0.2) is 0 Å². The van der Waals surface area contributed by atoms with Crippen molar-refractivity contribution in [2.24, 2.45) is 4.99 Å². The minimum absolute atomic E-state index is 0.195. The van der Waals surface area contributed by atoms with E-state index in [1.54, 1.807) is 0 Å². The highest BCUT2D eigenvalue weighted by molar-refractivity contribution is 6.36. The van der Waals surface area contributed by atoms with Gasteiger partial charge in [-0.25, -0.2) is 4.99 Å². The van der Waals surface area contributed by atoms with Crippen LogP contribution in [0.1, 0.15) is 18.1 Å². The summed E-state index contributed by atoms with van der Waals surface area (Å²) in [5, 5.41) is 4.89. The quantitative estimate of drug-likeness (QED) is 0.323. The van der Waals surface area contributed by atoms with E-state index in [1.165, 1.54) is 10.8 Å². The maximum atomic E-state index is 6.12. The van der Waals surface area contributed by atoms with Crippen molar-refractivity contribution in [3.63, 3.8) is 0 Å².